The van der Waals surface area contributed by atoms with Crippen LogP contribution in [-0.4, -0.2) is 18.0 Å². The zero-order valence-corrected chi connectivity index (χ0v) is 13.1. The summed E-state index contributed by atoms with van der Waals surface area (Å²) < 4.78 is 41.4. The molecule has 0 aliphatic carbocycles. The van der Waals surface area contributed by atoms with Crippen LogP contribution in [0.1, 0.15) is 19.8 Å². The molecule has 2 N–H and O–H groups in total. The fourth-order valence-electron chi connectivity index (χ4n) is 1.35. The van der Waals surface area contributed by atoms with Crippen LogP contribution in [0.3, 0.4) is 0 Å². The lowest BCUT2D eigenvalue weighted by Gasteiger charge is -2.16. The fourth-order valence-corrected chi connectivity index (χ4v) is 1.91. The molecule has 0 saturated carbocycles. The van der Waals surface area contributed by atoms with Gasteiger partial charge in [0.1, 0.15) is 0 Å². The van der Waals surface area contributed by atoms with Gasteiger partial charge in [-0.3, -0.25) is 0 Å². The minimum Gasteiger partial charge on any atom is -0.404 e. The van der Waals surface area contributed by atoms with Gasteiger partial charge in [-0.25, -0.2) is 0 Å². The molecule has 0 unspecified atom stereocenters. The number of alkyl halides is 3. The fraction of sp³-hybridized carbons (Fsp3) is 0.417. The Morgan fingerprint density at radius 2 is 2.10 bits per heavy atom. The van der Waals surface area contributed by atoms with Gasteiger partial charge in [-0.2, -0.15) is 0 Å². The molecule has 0 aliphatic rings. The molecule has 1 rings (SSSR count). The maximum atomic E-state index is 12.3. The highest BCUT2D eigenvalue weighted by atomic mass is 79.9. The second-order valence-electron chi connectivity index (χ2n) is 3.92. The molecule has 0 spiro atoms. The summed E-state index contributed by atoms with van der Waals surface area (Å²) in [5.74, 6) is -0.341. The highest BCUT2D eigenvalue weighted by Crippen LogP contribution is 2.32. The first-order valence-corrected chi connectivity index (χ1v) is 7.12. The number of ether oxygens (including phenoxy) is 1. The molecule has 20 heavy (non-hydrogen) atoms. The average molecular weight is 371 g/mol. The standard InChI is InChI=1S/C12H14BrF3N2OS/c1-2-3-6-17-11(20)18-9-5-4-8(13)7-10(9)19-12(14,15)16/h4-5,7H,2-3,6H2,1H3,(H2,17,18,20). The molecule has 3 nitrogen and oxygen atoms in total. The zero-order chi connectivity index (χ0) is 15.2. The van der Waals surface area contributed by atoms with Crippen LogP contribution in [-0.2, 0) is 0 Å². The molecule has 1 aromatic rings. The molecule has 0 amide bonds. The largest absolute Gasteiger partial charge is 0.573 e. The van der Waals surface area contributed by atoms with E-state index in [4.69, 9.17) is 12.2 Å². The Morgan fingerprint density at radius 3 is 2.70 bits per heavy atom. The molecule has 0 atom stereocenters. The van der Waals surface area contributed by atoms with E-state index >= 15 is 0 Å². The van der Waals surface area contributed by atoms with E-state index < -0.39 is 6.36 Å². The van der Waals surface area contributed by atoms with Crippen LogP contribution in [0.4, 0.5) is 18.9 Å². The third kappa shape index (κ3) is 6.42. The monoisotopic (exact) mass is 370 g/mol. The number of halogens is 4. The molecule has 0 radical (unpaired) electrons. The summed E-state index contributed by atoms with van der Waals surface area (Å²) in [6.45, 7) is 2.69. The molecule has 0 fully saturated rings. The minimum atomic E-state index is -4.76. The maximum absolute atomic E-state index is 12.3. The maximum Gasteiger partial charge on any atom is 0.573 e. The molecule has 8 heteroatoms. The number of hydrogen-bond donors (Lipinski definition) is 2. The average Bonchev–Trinajstić information content (AvgIpc) is 2.31. The normalized spacial score (nSPS) is 11.1. The third-order valence-corrected chi connectivity index (χ3v) is 2.97. The van der Waals surface area contributed by atoms with Crippen LogP contribution in [0.15, 0.2) is 22.7 Å². The number of nitrogens with one attached hydrogen (secondary N) is 2. The zero-order valence-electron chi connectivity index (χ0n) is 10.7. The highest BCUT2D eigenvalue weighted by Gasteiger charge is 2.32. The third-order valence-electron chi connectivity index (χ3n) is 2.23. The molecule has 0 aromatic heterocycles. The van der Waals surface area contributed by atoms with Gasteiger partial charge in [0.05, 0.1) is 5.69 Å². The van der Waals surface area contributed by atoms with Crippen molar-refractivity contribution in [3.05, 3.63) is 22.7 Å². The number of anilines is 1. The minimum absolute atomic E-state index is 0.152. The second kappa shape index (κ2) is 7.68. The summed E-state index contributed by atoms with van der Waals surface area (Å²) in [5.41, 5.74) is 0.152. The number of unbranched alkanes of at least 4 members (excludes halogenated alkanes) is 1. The molecule has 0 aliphatic heterocycles. The Kier molecular flexibility index (Phi) is 6.54. The Hall–Kier alpha value is -1.02. The SMILES string of the molecule is CCCCNC(=S)Nc1ccc(Br)cc1OC(F)(F)F. The second-order valence-corrected chi connectivity index (χ2v) is 5.25. The van der Waals surface area contributed by atoms with Crippen molar-refractivity contribution in [1.29, 1.82) is 0 Å². The van der Waals surface area contributed by atoms with Crippen molar-refractivity contribution < 1.29 is 17.9 Å². The van der Waals surface area contributed by atoms with E-state index in [2.05, 4.69) is 31.3 Å². The lowest BCUT2D eigenvalue weighted by Crippen LogP contribution is -2.29. The molecule has 112 valence electrons. The van der Waals surface area contributed by atoms with Crippen molar-refractivity contribution in [1.82, 2.24) is 5.32 Å². The quantitative estimate of drug-likeness (QED) is 0.593. The number of thiocarbonyl (C=S) groups is 1. The van der Waals surface area contributed by atoms with Gasteiger partial charge < -0.3 is 15.4 Å². The Labute approximate surface area is 129 Å². The predicted molar refractivity (Wildman–Crippen MR) is 80.0 cm³/mol. The van der Waals surface area contributed by atoms with Gasteiger partial charge in [0, 0.05) is 11.0 Å². The van der Waals surface area contributed by atoms with Gasteiger partial charge in [0.15, 0.2) is 10.9 Å². The summed E-state index contributed by atoms with van der Waals surface area (Å²) in [6, 6.07) is 4.28. The van der Waals surface area contributed by atoms with Crippen molar-refractivity contribution >= 4 is 38.9 Å². The predicted octanol–water partition coefficient (Wildman–Crippen LogP) is 4.43. The summed E-state index contributed by atoms with van der Waals surface area (Å²) >= 11 is 8.11. The highest BCUT2D eigenvalue weighted by molar-refractivity contribution is 9.10. The van der Waals surface area contributed by atoms with Gasteiger partial charge in [-0.05, 0) is 36.8 Å². The van der Waals surface area contributed by atoms with Crippen molar-refractivity contribution in [2.75, 3.05) is 11.9 Å². The van der Waals surface area contributed by atoms with Crippen molar-refractivity contribution in [2.45, 2.75) is 26.1 Å². The summed E-state index contributed by atoms with van der Waals surface area (Å²) in [6.07, 6.45) is -2.83. The molecule has 1 aromatic carbocycles. The van der Waals surface area contributed by atoms with Crippen molar-refractivity contribution in [2.24, 2.45) is 0 Å². The van der Waals surface area contributed by atoms with Crippen molar-refractivity contribution in [3.8, 4) is 5.75 Å². The summed E-state index contributed by atoms with van der Waals surface area (Å²) in [7, 11) is 0. The first kappa shape index (κ1) is 17.0. The Balaban J connectivity index is 2.76. The lowest BCUT2D eigenvalue weighted by molar-refractivity contribution is -0.274. The van der Waals surface area contributed by atoms with Gasteiger partial charge >= 0.3 is 6.36 Å². The van der Waals surface area contributed by atoms with E-state index in [1.807, 2.05) is 6.92 Å². The molecule has 0 heterocycles. The van der Waals surface area contributed by atoms with Crippen LogP contribution in [0.5, 0.6) is 5.75 Å². The van der Waals surface area contributed by atoms with E-state index in [-0.39, 0.29) is 16.5 Å². The smallest absolute Gasteiger partial charge is 0.404 e. The first-order chi connectivity index (χ1) is 9.31. The van der Waals surface area contributed by atoms with Crippen molar-refractivity contribution in [3.63, 3.8) is 0 Å². The van der Waals surface area contributed by atoms with Crippen LogP contribution < -0.4 is 15.4 Å². The molecule has 0 saturated heterocycles. The van der Waals surface area contributed by atoms with Gasteiger partial charge in [-0.1, -0.05) is 29.3 Å². The van der Waals surface area contributed by atoms with E-state index in [0.29, 0.717) is 11.0 Å². The Bertz CT molecular complexity index is 469. The summed E-state index contributed by atoms with van der Waals surface area (Å²) in [5, 5.41) is 5.86. The van der Waals surface area contributed by atoms with Gasteiger partial charge in [0.25, 0.3) is 0 Å². The summed E-state index contributed by atoms with van der Waals surface area (Å²) in [4.78, 5) is 0. The molecular formula is C12H14BrF3N2OS. The van der Waals surface area contributed by atoms with Crippen LogP contribution in [0.25, 0.3) is 0 Å². The number of benzene rings is 1. The van der Waals surface area contributed by atoms with Crippen LogP contribution >= 0.6 is 28.1 Å². The first-order valence-electron chi connectivity index (χ1n) is 5.92. The van der Waals surface area contributed by atoms with E-state index in [1.54, 1.807) is 6.07 Å². The Morgan fingerprint density at radius 1 is 1.40 bits per heavy atom. The van der Waals surface area contributed by atoms with E-state index in [0.717, 1.165) is 12.8 Å². The number of rotatable bonds is 5. The van der Waals surface area contributed by atoms with E-state index in [9.17, 15) is 13.2 Å². The van der Waals surface area contributed by atoms with Gasteiger partial charge in [0.2, 0.25) is 0 Å². The van der Waals surface area contributed by atoms with Crippen LogP contribution in [0.2, 0.25) is 0 Å². The van der Waals surface area contributed by atoms with Crippen LogP contribution in [0, 0.1) is 0 Å². The molecular weight excluding hydrogens is 357 g/mol. The van der Waals surface area contributed by atoms with Gasteiger partial charge in [-0.15, -0.1) is 13.2 Å². The molecule has 0 bridgehead atoms. The lowest BCUT2D eigenvalue weighted by atomic mass is 10.3. The number of hydrogen-bond acceptors (Lipinski definition) is 2. The topological polar surface area (TPSA) is 33.3 Å². The van der Waals surface area contributed by atoms with E-state index in [1.165, 1.54) is 12.1 Å².